The molecule has 3 heteroatoms. The Labute approximate surface area is 96.5 Å². The highest BCUT2D eigenvalue weighted by Gasteiger charge is 2.44. The van der Waals surface area contributed by atoms with Crippen LogP contribution in [0.1, 0.15) is 45.2 Å². The third kappa shape index (κ3) is 1.27. The summed E-state index contributed by atoms with van der Waals surface area (Å²) in [7, 11) is 0. The maximum Gasteiger partial charge on any atom is 0.144 e. The van der Waals surface area contributed by atoms with Crippen molar-refractivity contribution in [2.24, 2.45) is 0 Å². The van der Waals surface area contributed by atoms with E-state index in [4.69, 9.17) is 11.5 Å². The number of phenolic OH excluding ortho intramolecular Hbond substituents is 1. The van der Waals surface area contributed by atoms with E-state index in [-0.39, 0.29) is 16.6 Å². The highest BCUT2D eigenvalue weighted by molar-refractivity contribution is 5.77. The highest BCUT2D eigenvalue weighted by atomic mass is 16.3. The molecule has 0 saturated heterocycles. The van der Waals surface area contributed by atoms with Gasteiger partial charge in [-0.15, -0.1) is 0 Å². The summed E-state index contributed by atoms with van der Waals surface area (Å²) in [5, 5.41) is 10.2. The molecule has 1 aromatic rings. The third-order valence-electron chi connectivity index (χ3n) is 3.66. The van der Waals surface area contributed by atoms with Gasteiger partial charge < -0.3 is 16.6 Å². The van der Waals surface area contributed by atoms with Crippen molar-refractivity contribution in [2.45, 2.75) is 44.9 Å². The van der Waals surface area contributed by atoms with Crippen LogP contribution in [0.25, 0.3) is 0 Å². The van der Waals surface area contributed by atoms with E-state index in [2.05, 4.69) is 27.7 Å². The Morgan fingerprint density at radius 2 is 1.69 bits per heavy atom. The topological polar surface area (TPSA) is 72.3 Å². The maximum atomic E-state index is 10.2. The Morgan fingerprint density at radius 3 is 2.25 bits per heavy atom. The predicted octanol–water partition coefficient (Wildman–Crippen LogP) is 2.52. The minimum absolute atomic E-state index is 0.0398. The van der Waals surface area contributed by atoms with Crippen molar-refractivity contribution in [1.82, 2.24) is 0 Å². The third-order valence-corrected chi connectivity index (χ3v) is 3.66. The van der Waals surface area contributed by atoms with Gasteiger partial charge in [0.05, 0.1) is 11.4 Å². The van der Waals surface area contributed by atoms with Gasteiger partial charge in [-0.2, -0.15) is 0 Å². The number of aromatic hydroxyl groups is 1. The summed E-state index contributed by atoms with van der Waals surface area (Å²) in [4.78, 5) is 0. The van der Waals surface area contributed by atoms with Gasteiger partial charge in [-0.1, -0.05) is 27.7 Å². The molecule has 1 aromatic carbocycles. The largest absolute Gasteiger partial charge is 0.505 e. The van der Waals surface area contributed by atoms with Crippen LogP contribution in [-0.2, 0) is 10.8 Å². The second-order valence-electron chi connectivity index (χ2n) is 6.10. The van der Waals surface area contributed by atoms with Crippen LogP contribution in [-0.4, -0.2) is 5.11 Å². The molecule has 0 bridgehead atoms. The molecule has 0 atom stereocenters. The van der Waals surface area contributed by atoms with Gasteiger partial charge in [0.15, 0.2) is 0 Å². The minimum atomic E-state index is -0.0509. The fourth-order valence-corrected chi connectivity index (χ4v) is 3.21. The van der Waals surface area contributed by atoms with E-state index < -0.39 is 0 Å². The molecule has 1 aliphatic rings. The SMILES string of the molecule is CC1(C)CC(C)(C)c2c1cc(N)c(N)c2O. The average molecular weight is 220 g/mol. The van der Waals surface area contributed by atoms with Gasteiger partial charge in [0.25, 0.3) is 0 Å². The summed E-state index contributed by atoms with van der Waals surface area (Å²) in [6.07, 6.45) is 0.992. The van der Waals surface area contributed by atoms with Gasteiger partial charge in [-0.25, -0.2) is 0 Å². The molecule has 2 rings (SSSR count). The lowest BCUT2D eigenvalue weighted by Crippen LogP contribution is -2.18. The molecule has 5 N–H and O–H groups in total. The van der Waals surface area contributed by atoms with E-state index in [1.807, 2.05) is 6.07 Å². The minimum Gasteiger partial charge on any atom is -0.505 e. The van der Waals surface area contributed by atoms with Gasteiger partial charge in [-0.3, -0.25) is 0 Å². The van der Waals surface area contributed by atoms with Gasteiger partial charge in [0.2, 0.25) is 0 Å². The summed E-state index contributed by atoms with van der Waals surface area (Å²) in [6, 6.07) is 1.92. The van der Waals surface area contributed by atoms with Gasteiger partial charge in [0, 0.05) is 5.56 Å². The summed E-state index contributed by atoms with van der Waals surface area (Å²) in [5.41, 5.74) is 14.5. The second-order valence-corrected chi connectivity index (χ2v) is 6.10. The zero-order chi connectivity index (χ0) is 12.3. The molecule has 0 aliphatic heterocycles. The first kappa shape index (κ1) is 11.1. The number of anilines is 2. The standard InChI is InChI=1S/C13H20N2O/c1-12(2)6-13(3,4)9-7(12)5-8(14)10(15)11(9)16/h5,16H,6,14-15H2,1-4H3. The molecule has 0 saturated carbocycles. The number of fused-ring (bicyclic) bond motifs is 1. The van der Waals surface area contributed by atoms with E-state index >= 15 is 0 Å². The number of nitrogens with two attached hydrogens (primary N) is 2. The Balaban J connectivity index is 2.82. The number of phenols is 1. The molecule has 0 heterocycles. The normalized spacial score (nSPS) is 20.8. The van der Waals surface area contributed by atoms with Crippen molar-refractivity contribution >= 4 is 11.4 Å². The van der Waals surface area contributed by atoms with Crippen LogP contribution in [0.3, 0.4) is 0 Å². The summed E-state index contributed by atoms with van der Waals surface area (Å²) < 4.78 is 0. The Hall–Kier alpha value is -1.38. The molecule has 3 nitrogen and oxygen atoms in total. The lowest BCUT2D eigenvalue weighted by molar-refractivity contribution is 0.392. The maximum absolute atomic E-state index is 10.2. The molecule has 0 radical (unpaired) electrons. The molecular formula is C13H20N2O. The van der Waals surface area contributed by atoms with Crippen molar-refractivity contribution in [2.75, 3.05) is 11.5 Å². The van der Waals surface area contributed by atoms with Crippen molar-refractivity contribution in [3.63, 3.8) is 0 Å². The zero-order valence-electron chi connectivity index (χ0n) is 10.4. The summed E-state index contributed by atoms with van der Waals surface area (Å²) in [5.74, 6) is 0.172. The van der Waals surface area contributed by atoms with Crippen molar-refractivity contribution in [3.05, 3.63) is 17.2 Å². The molecule has 0 fully saturated rings. The molecule has 0 aromatic heterocycles. The van der Waals surface area contributed by atoms with Crippen LogP contribution in [0.5, 0.6) is 5.75 Å². The number of rotatable bonds is 0. The fourth-order valence-electron chi connectivity index (χ4n) is 3.21. The zero-order valence-corrected chi connectivity index (χ0v) is 10.4. The van der Waals surface area contributed by atoms with Crippen LogP contribution in [0.15, 0.2) is 6.07 Å². The molecule has 0 unspecified atom stereocenters. The first-order valence-corrected chi connectivity index (χ1v) is 5.59. The number of hydrogen-bond donors (Lipinski definition) is 3. The monoisotopic (exact) mass is 220 g/mol. The molecular weight excluding hydrogens is 200 g/mol. The number of nitrogen functional groups attached to an aromatic ring is 2. The van der Waals surface area contributed by atoms with E-state index in [0.717, 1.165) is 17.5 Å². The average Bonchev–Trinajstić information content (AvgIpc) is 2.28. The molecule has 88 valence electrons. The van der Waals surface area contributed by atoms with Crippen molar-refractivity contribution in [3.8, 4) is 5.75 Å². The quantitative estimate of drug-likeness (QED) is 0.464. The van der Waals surface area contributed by atoms with Gasteiger partial charge in [-0.05, 0) is 28.9 Å². The van der Waals surface area contributed by atoms with E-state index in [9.17, 15) is 5.11 Å². The summed E-state index contributed by atoms with van der Waals surface area (Å²) in [6.45, 7) is 8.62. The van der Waals surface area contributed by atoms with Crippen LogP contribution in [0.4, 0.5) is 11.4 Å². The lowest BCUT2D eigenvalue weighted by atomic mass is 9.82. The van der Waals surface area contributed by atoms with E-state index in [0.29, 0.717) is 11.4 Å². The predicted molar refractivity (Wildman–Crippen MR) is 67.6 cm³/mol. The van der Waals surface area contributed by atoms with E-state index in [1.165, 1.54) is 0 Å². The first-order valence-electron chi connectivity index (χ1n) is 5.59. The number of benzene rings is 1. The van der Waals surface area contributed by atoms with Gasteiger partial charge >= 0.3 is 0 Å². The van der Waals surface area contributed by atoms with Crippen molar-refractivity contribution in [1.29, 1.82) is 0 Å². The Bertz CT molecular complexity index is 461. The smallest absolute Gasteiger partial charge is 0.144 e. The first-order chi connectivity index (χ1) is 7.17. The molecule has 1 aliphatic carbocycles. The molecule has 0 amide bonds. The van der Waals surface area contributed by atoms with Gasteiger partial charge in [0.1, 0.15) is 5.75 Å². The van der Waals surface area contributed by atoms with Crippen LogP contribution in [0.2, 0.25) is 0 Å². The van der Waals surface area contributed by atoms with Crippen LogP contribution < -0.4 is 11.5 Å². The molecule has 16 heavy (non-hydrogen) atoms. The van der Waals surface area contributed by atoms with E-state index in [1.54, 1.807) is 0 Å². The van der Waals surface area contributed by atoms with Crippen LogP contribution in [0, 0.1) is 0 Å². The fraction of sp³-hybridized carbons (Fsp3) is 0.538. The second kappa shape index (κ2) is 2.84. The van der Waals surface area contributed by atoms with Crippen LogP contribution >= 0.6 is 0 Å². The highest BCUT2D eigenvalue weighted by Crippen LogP contribution is 2.54. The number of hydrogen-bond acceptors (Lipinski definition) is 3. The molecule has 0 spiro atoms. The Kier molecular flexibility index (Phi) is 1.98. The van der Waals surface area contributed by atoms with Crippen molar-refractivity contribution < 1.29 is 5.11 Å². The summed E-state index contributed by atoms with van der Waals surface area (Å²) >= 11 is 0. The Morgan fingerprint density at radius 1 is 1.12 bits per heavy atom. The lowest BCUT2D eigenvalue weighted by Gasteiger charge is -2.22.